The van der Waals surface area contributed by atoms with Gasteiger partial charge in [-0.3, -0.25) is 5.01 Å². The van der Waals surface area contributed by atoms with E-state index in [1.165, 1.54) is 0 Å². The van der Waals surface area contributed by atoms with E-state index in [-0.39, 0.29) is 6.29 Å². The zero-order valence-corrected chi connectivity index (χ0v) is 9.68. The standard InChI is InChI=1S/C10H20N2O3/c1-13-8-9-5-4-6-12(9)11-7-10(14-2)15-3/h7,9-10H,4-6,8H2,1-3H3/b11-7+/t9-/m0/s1. The third-order valence-electron chi connectivity index (χ3n) is 2.51. The molecule has 1 fully saturated rings. The third-order valence-corrected chi connectivity index (χ3v) is 2.51. The van der Waals surface area contributed by atoms with Gasteiger partial charge in [-0.15, -0.1) is 0 Å². The summed E-state index contributed by atoms with van der Waals surface area (Å²) in [6, 6.07) is 0.389. The molecule has 0 N–H and O–H groups in total. The Kier molecular flexibility index (Phi) is 5.60. The number of nitrogens with zero attached hydrogens (tertiary/aromatic N) is 2. The highest BCUT2D eigenvalue weighted by atomic mass is 16.7. The molecule has 5 nitrogen and oxygen atoms in total. The molecule has 1 aliphatic rings. The monoisotopic (exact) mass is 216 g/mol. The first kappa shape index (κ1) is 12.4. The Labute approximate surface area is 91.0 Å². The molecule has 1 rings (SSSR count). The molecule has 0 bridgehead atoms. The molecule has 1 saturated heterocycles. The van der Waals surface area contributed by atoms with Crippen LogP contribution in [0.4, 0.5) is 0 Å². The third kappa shape index (κ3) is 3.77. The van der Waals surface area contributed by atoms with Crippen molar-refractivity contribution in [1.29, 1.82) is 0 Å². The number of methoxy groups -OCH3 is 3. The normalized spacial score (nSPS) is 22.1. The highest BCUT2D eigenvalue weighted by Gasteiger charge is 2.22. The second kappa shape index (κ2) is 6.76. The van der Waals surface area contributed by atoms with Crippen LogP contribution in [0.1, 0.15) is 12.8 Å². The quantitative estimate of drug-likeness (QED) is 0.484. The molecule has 1 atom stereocenters. The Morgan fingerprint density at radius 2 is 2.13 bits per heavy atom. The molecule has 0 aliphatic carbocycles. The van der Waals surface area contributed by atoms with E-state index in [1.807, 2.05) is 5.01 Å². The van der Waals surface area contributed by atoms with Gasteiger partial charge in [-0.05, 0) is 12.8 Å². The number of hydrogen-bond acceptors (Lipinski definition) is 5. The summed E-state index contributed by atoms with van der Waals surface area (Å²) in [5.74, 6) is 0. The van der Waals surface area contributed by atoms with Crippen LogP contribution in [0.5, 0.6) is 0 Å². The second-order valence-corrected chi connectivity index (χ2v) is 3.52. The van der Waals surface area contributed by atoms with E-state index in [0.29, 0.717) is 6.04 Å². The van der Waals surface area contributed by atoms with E-state index in [9.17, 15) is 0 Å². The first-order valence-corrected chi connectivity index (χ1v) is 5.17. The first-order valence-electron chi connectivity index (χ1n) is 5.17. The van der Waals surface area contributed by atoms with Gasteiger partial charge in [-0.2, -0.15) is 5.10 Å². The van der Waals surface area contributed by atoms with E-state index in [2.05, 4.69) is 5.10 Å². The van der Waals surface area contributed by atoms with Crippen molar-refractivity contribution in [2.75, 3.05) is 34.5 Å². The van der Waals surface area contributed by atoms with Gasteiger partial charge in [0, 0.05) is 27.9 Å². The SMILES string of the molecule is COC[C@@H]1CCCN1/N=C/C(OC)OC. The zero-order valence-electron chi connectivity index (χ0n) is 9.68. The lowest BCUT2D eigenvalue weighted by atomic mass is 10.2. The summed E-state index contributed by atoms with van der Waals surface area (Å²) in [6.45, 7) is 1.70. The summed E-state index contributed by atoms with van der Waals surface area (Å²) < 4.78 is 15.2. The number of hydrogen-bond donors (Lipinski definition) is 0. The summed E-state index contributed by atoms with van der Waals surface area (Å²) in [4.78, 5) is 0. The fourth-order valence-corrected chi connectivity index (χ4v) is 1.69. The minimum atomic E-state index is -0.367. The summed E-state index contributed by atoms with van der Waals surface area (Å²) in [6.07, 6.45) is 3.61. The molecule has 88 valence electrons. The van der Waals surface area contributed by atoms with Gasteiger partial charge in [0.15, 0.2) is 6.29 Å². The van der Waals surface area contributed by atoms with Crippen LogP contribution in [-0.2, 0) is 14.2 Å². The van der Waals surface area contributed by atoms with Crippen molar-refractivity contribution >= 4 is 6.21 Å². The molecular weight excluding hydrogens is 196 g/mol. The molecule has 0 amide bonds. The van der Waals surface area contributed by atoms with Crippen molar-refractivity contribution in [3.05, 3.63) is 0 Å². The Morgan fingerprint density at radius 3 is 2.73 bits per heavy atom. The maximum Gasteiger partial charge on any atom is 0.195 e. The van der Waals surface area contributed by atoms with E-state index in [4.69, 9.17) is 14.2 Å². The summed E-state index contributed by atoms with van der Waals surface area (Å²) in [5.41, 5.74) is 0. The molecule has 0 aromatic rings. The first-order chi connectivity index (χ1) is 7.31. The predicted octanol–water partition coefficient (Wildman–Crippen LogP) is 0.702. The van der Waals surface area contributed by atoms with Crippen molar-refractivity contribution in [2.45, 2.75) is 25.2 Å². The second-order valence-electron chi connectivity index (χ2n) is 3.52. The lowest BCUT2D eigenvalue weighted by Crippen LogP contribution is -2.29. The lowest BCUT2D eigenvalue weighted by Gasteiger charge is -2.21. The summed E-state index contributed by atoms with van der Waals surface area (Å²) in [5, 5.41) is 6.38. The van der Waals surface area contributed by atoms with Crippen LogP contribution < -0.4 is 0 Å². The smallest absolute Gasteiger partial charge is 0.195 e. The van der Waals surface area contributed by atoms with Crippen LogP contribution in [0.15, 0.2) is 5.10 Å². The fraction of sp³-hybridized carbons (Fsp3) is 0.900. The van der Waals surface area contributed by atoms with Crippen molar-refractivity contribution in [1.82, 2.24) is 5.01 Å². The van der Waals surface area contributed by atoms with E-state index >= 15 is 0 Å². The molecule has 15 heavy (non-hydrogen) atoms. The molecule has 5 heteroatoms. The van der Waals surface area contributed by atoms with Gasteiger partial charge < -0.3 is 14.2 Å². The minimum Gasteiger partial charge on any atom is -0.382 e. The van der Waals surface area contributed by atoms with Gasteiger partial charge in [0.05, 0.1) is 18.9 Å². The van der Waals surface area contributed by atoms with E-state index in [1.54, 1.807) is 27.5 Å². The van der Waals surface area contributed by atoms with Gasteiger partial charge in [-0.1, -0.05) is 0 Å². The molecular formula is C10H20N2O3. The molecule has 0 unspecified atom stereocenters. The van der Waals surface area contributed by atoms with E-state index in [0.717, 1.165) is 26.0 Å². The number of hydrazone groups is 1. The fourth-order valence-electron chi connectivity index (χ4n) is 1.69. The largest absolute Gasteiger partial charge is 0.382 e. The highest BCUT2D eigenvalue weighted by molar-refractivity contribution is 5.60. The molecule has 0 aromatic carbocycles. The topological polar surface area (TPSA) is 43.3 Å². The molecule has 0 spiro atoms. The molecule has 0 aromatic heterocycles. The van der Waals surface area contributed by atoms with Crippen molar-refractivity contribution in [3.8, 4) is 0 Å². The zero-order chi connectivity index (χ0) is 11.1. The average molecular weight is 216 g/mol. The van der Waals surface area contributed by atoms with Crippen LogP contribution in [0.2, 0.25) is 0 Å². The van der Waals surface area contributed by atoms with Crippen LogP contribution >= 0.6 is 0 Å². The predicted molar refractivity (Wildman–Crippen MR) is 57.9 cm³/mol. The van der Waals surface area contributed by atoms with E-state index < -0.39 is 0 Å². The maximum atomic E-state index is 5.14. The van der Waals surface area contributed by atoms with Crippen LogP contribution in [-0.4, -0.2) is 58.0 Å². The van der Waals surface area contributed by atoms with Gasteiger partial charge in [0.1, 0.15) is 0 Å². The number of ether oxygens (including phenoxy) is 3. The van der Waals surface area contributed by atoms with Crippen LogP contribution in [0, 0.1) is 0 Å². The van der Waals surface area contributed by atoms with Gasteiger partial charge in [0.2, 0.25) is 0 Å². The highest BCUT2D eigenvalue weighted by Crippen LogP contribution is 2.17. The van der Waals surface area contributed by atoms with Crippen molar-refractivity contribution in [2.24, 2.45) is 5.10 Å². The molecule has 0 radical (unpaired) electrons. The maximum absolute atomic E-state index is 5.14. The Bertz CT molecular complexity index is 195. The van der Waals surface area contributed by atoms with Gasteiger partial charge in [0.25, 0.3) is 0 Å². The summed E-state index contributed by atoms with van der Waals surface area (Å²) in [7, 11) is 4.90. The van der Waals surface area contributed by atoms with Crippen molar-refractivity contribution in [3.63, 3.8) is 0 Å². The summed E-state index contributed by atoms with van der Waals surface area (Å²) >= 11 is 0. The van der Waals surface area contributed by atoms with Crippen LogP contribution in [0.25, 0.3) is 0 Å². The van der Waals surface area contributed by atoms with Crippen molar-refractivity contribution < 1.29 is 14.2 Å². The minimum absolute atomic E-state index is 0.367. The molecule has 0 saturated carbocycles. The number of rotatable bonds is 6. The molecule has 1 aliphatic heterocycles. The average Bonchev–Trinajstić information content (AvgIpc) is 2.68. The molecule has 1 heterocycles. The van der Waals surface area contributed by atoms with Gasteiger partial charge >= 0.3 is 0 Å². The van der Waals surface area contributed by atoms with Crippen LogP contribution in [0.3, 0.4) is 0 Å². The van der Waals surface area contributed by atoms with Gasteiger partial charge in [-0.25, -0.2) is 0 Å². The Balaban J connectivity index is 2.41. The Hall–Kier alpha value is -0.650. The lowest BCUT2D eigenvalue weighted by molar-refractivity contribution is -0.0495. The Morgan fingerprint density at radius 1 is 1.40 bits per heavy atom.